The minimum Gasteiger partial charge on any atom is -0.478 e. The fraction of sp³-hybridized carbons (Fsp3) is 0.174. The summed E-state index contributed by atoms with van der Waals surface area (Å²) in [4.78, 5) is 21.9. The third-order valence-electron chi connectivity index (χ3n) is 5.48. The van der Waals surface area contributed by atoms with Crippen molar-refractivity contribution in [2.45, 2.75) is 20.4 Å². The van der Waals surface area contributed by atoms with E-state index in [4.69, 9.17) is 9.47 Å². The van der Waals surface area contributed by atoms with Gasteiger partial charge >= 0.3 is 5.97 Å². The van der Waals surface area contributed by atoms with Crippen LogP contribution in [0.15, 0.2) is 41.9 Å². The van der Waals surface area contributed by atoms with Crippen molar-refractivity contribution in [1.29, 1.82) is 0 Å². The first-order valence-corrected chi connectivity index (χ1v) is 10.6. The van der Waals surface area contributed by atoms with Crippen LogP contribution in [0.4, 0.5) is 5.69 Å². The second-order valence-electron chi connectivity index (χ2n) is 7.32. The van der Waals surface area contributed by atoms with E-state index in [1.54, 1.807) is 6.20 Å². The molecule has 1 aliphatic heterocycles. The summed E-state index contributed by atoms with van der Waals surface area (Å²) in [6.07, 6.45) is 1.73. The number of nitrogens with one attached hydrogen (secondary N) is 1. The molecule has 156 valence electrons. The molecule has 0 unspecified atom stereocenters. The molecule has 31 heavy (non-hydrogen) atoms. The zero-order valence-corrected chi connectivity index (χ0v) is 17.7. The second kappa shape index (κ2) is 7.55. The van der Waals surface area contributed by atoms with Gasteiger partial charge in [-0.3, -0.25) is 0 Å². The average Bonchev–Trinajstić information content (AvgIpc) is 3.42. The number of aromatic carboxylic acids is 1. The minimum atomic E-state index is -0.993. The zero-order valence-electron chi connectivity index (χ0n) is 16.9. The Morgan fingerprint density at radius 2 is 2.00 bits per heavy atom. The molecule has 0 aliphatic carbocycles. The molecule has 1 aliphatic rings. The number of fused-ring (bicyclic) bond motifs is 2. The number of carboxylic acid groups (broad SMARTS) is 1. The van der Waals surface area contributed by atoms with Crippen LogP contribution in [0.2, 0.25) is 0 Å². The normalized spacial score (nSPS) is 12.3. The second-order valence-corrected chi connectivity index (χ2v) is 8.21. The van der Waals surface area contributed by atoms with Gasteiger partial charge in [0.2, 0.25) is 6.79 Å². The summed E-state index contributed by atoms with van der Waals surface area (Å²) in [7, 11) is 0. The Balaban J connectivity index is 1.54. The Bertz CT molecular complexity index is 1330. The molecule has 0 bridgehead atoms. The monoisotopic (exact) mass is 433 g/mol. The quantitative estimate of drug-likeness (QED) is 0.457. The Labute approximate surface area is 182 Å². The Kier molecular flexibility index (Phi) is 4.71. The highest BCUT2D eigenvalue weighted by atomic mass is 32.1. The summed E-state index contributed by atoms with van der Waals surface area (Å²) in [5, 5.41) is 16.2. The number of nitrogens with zero attached hydrogens (tertiary/aromatic N) is 2. The first-order chi connectivity index (χ1) is 15.0. The van der Waals surface area contributed by atoms with Crippen LogP contribution in [0, 0.1) is 13.8 Å². The van der Waals surface area contributed by atoms with Crippen LogP contribution in [0.3, 0.4) is 0 Å². The average molecular weight is 433 g/mol. The summed E-state index contributed by atoms with van der Waals surface area (Å²) in [5.41, 5.74) is 4.15. The topological polar surface area (TPSA) is 93.6 Å². The number of hydrogen-bond donors (Lipinski definition) is 2. The van der Waals surface area contributed by atoms with E-state index < -0.39 is 5.97 Å². The predicted molar refractivity (Wildman–Crippen MR) is 119 cm³/mol. The summed E-state index contributed by atoms with van der Waals surface area (Å²) in [6, 6.07) is 9.58. The van der Waals surface area contributed by atoms with E-state index in [-0.39, 0.29) is 12.4 Å². The molecule has 3 heterocycles. The van der Waals surface area contributed by atoms with Gasteiger partial charge in [-0.15, -0.1) is 11.3 Å². The maximum Gasteiger partial charge on any atom is 0.336 e. The molecule has 2 aromatic heterocycles. The maximum absolute atomic E-state index is 12.1. The van der Waals surface area contributed by atoms with Crippen molar-refractivity contribution < 1.29 is 19.4 Å². The summed E-state index contributed by atoms with van der Waals surface area (Å²) >= 11 is 1.50. The fourth-order valence-corrected chi connectivity index (χ4v) is 4.43. The summed E-state index contributed by atoms with van der Waals surface area (Å²) < 4.78 is 10.8. The van der Waals surface area contributed by atoms with Gasteiger partial charge in [0.25, 0.3) is 0 Å². The van der Waals surface area contributed by atoms with Crippen molar-refractivity contribution in [2.75, 3.05) is 12.1 Å². The third-order valence-corrected chi connectivity index (χ3v) is 6.30. The van der Waals surface area contributed by atoms with Gasteiger partial charge in [0.15, 0.2) is 17.3 Å². The number of aromatic nitrogens is 2. The molecule has 2 aromatic carbocycles. The molecule has 0 atom stereocenters. The van der Waals surface area contributed by atoms with Crippen LogP contribution >= 0.6 is 11.3 Å². The lowest BCUT2D eigenvalue weighted by molar-refractivity contribution is 0.0696. The largest absolute Gasteiger partial charge is 0.478 e. The smallest absolute Gasteiger partial charge is 0.336 e. The minimum absolute atomic E-state index is 0.224. The van der Waals surface area contributed by atoms with Gasteiger partial charge < -0.3 is 19.9 Å². The number of carbonyl (C=O) groups is 1. The fourth-order valence-electron chi connectivity index (χ4n) is 3.69. The van der Waals surface area contributed by atoms with Gasteiger partial charge in [0.05, 0.1) is 5.56 Å². The van der Waals surface area contributed by atoms with Gasteiger partial charge in [-0.2, -0.15) is 0 Å². The van der Waals surface area contributed by atoms with Gasteiger partial charge in [-0.25, -0.2) is 14.8 Å². The van der Waals surface area contributed by atoms with Crippen molar-refractivity contribution in [3.63, 3.8) is 0 Å². The standard InChI is InChI=1S/C23H19N3O4S/c1-12-13(2)20(23(27)28)16(21-25-10-15-5-6-31-22(15)26-21)8-17(12)24-9-14-3-4-18-19(7-14)30-11-29-18/h3-8,10,24H,9,11H2,1-2H3,(H,27,28). The molecular weight excluding hydrogens is 414 g/mol. The first kappa shape index (κ1) is 19.3. The molecule has 0 spiro atoms. The SMILES string of the molecule is Cc1c(NCc2ccc3c(c2)OCO3)cc(-c2ncc3ccsc3n2)c(C(=O)O)c1C. The van der Waals surface area contributed by atoms with Crippen molar-refractivity contribution in [3.8, 4) is 22.9 Å². The van der Waals surface area contributed by atoms with E-state index in [0.29, 0.717) is 23.5 Å². The number of benzene rings is 2. The van der Waals surface area contributed by atoms with Crippen molar-refractivity contribution in [1.82, 2.24) is 9.97 Å². The molecule has 0 saturated carbocycles. The number of ether oxygens (including phenoxy) is 2. The zero-order chi connectivity index (χ0) is 21.5. The lowest BCUT2D eigenvalue weighted by Crippen LogP contribution is -2.09. The van der Waals surface area contributed by atoms with E-state index >= 15 is 0 Å². The van der Waals surface area contributed by atoms with Gasteiger partial charge in [0, 0.05) is 29.4 Å². The predicted octanol–water partition coefficient (Wildman–Crippen LogP) is 5.01. The number of carboxylic acids is 1. The molecule has 8 heteroatoms. The first-order valence-electron chi connectivity index (χ1n) is 9.72. The van der Waals surface area contributed by atoms with Crippen molar-refractivity contribution in [2.24, 2.45) is 0 Å². The van der Waals surface area contributed by atoms with Gasteiger partial charge in [-0.1, -0.05) is 6.07 Å². The molecule has 7 nitrogen and oxygen atoms in total. The van der Waals surface area contributed by atoms with Gasteiger partial charge in [-0.05, 0) is 60.2 Å². The van der Waals surface area contributed by atoms with Crippen molar-refractivity contribution >= 4 is 33.2 Å². The molecule has 0 fully saturated rings. The van der Waals surface area contributed by atoms with Crippen LogP contribution in [0.5, 0.6) is 11.5 Å². The summed E-state index contributed by atoms with van der Waals surface area (Å²) in [6.45, 7) is 4.52. The van der Waals surface area contributed by atoms with Crippen LogP contribution < -0.4 is 14.8 Å². The Morgan fingerprint density at radius 1 is 1.16 bits per heavy atom. The van der Waals surface area contributed by atoms with Crippen LogP contribution in [0.1, 0.15) is 27.0 Å². The van der Waals surface area contributed by atoms with Crippen LogP contribution in [-0.2, 0) is 6.54 Å². The number of anilines is 1. The van der Waals surface area contributed by atoms with E-state index in [2.05, 4.69) is 15.3 Å². The van der Waals surface area contributed by atoms with Crippen LogP contribution in [-0.4, -0.2) is 27.8 Å². The van der Waals surface area contributed by atoms with Gasteiger partial charge in [0.1, 0.15) is 4.83 Å². The molecule has 0 saturated heterocycles. The highest BCUT2D eigenvalue weighted by molar-refractivity contribution is 7.16. The summed E-state index contributed by atoms with van der Waals surface area (Å²) in [5.74, 6) is 0.881. The molecule has 5 rings (SSSR count). The number of rotatable bonds is 5. The number of thiophene rings is 1. The Hall–Kier alpha value is -3.65. The highest BCUT2D eigenvalue weighted by Gasteiger charge is 2.21. The third kappa shape index (κ3) is 3.44. The Morgan fingerprint density at radius 3 is 2.84 bits per heavy atom. The van der Waals surface area contributed by atoms with E-state index in [9.17, 15) is 9.90 Å². The maximum atomic E-state index is 12.1. The molecule has 4 aromatic rings. The van der Waals surface area contributed by atoms with Crippen molar-refractivity contribution in [3.05, 3.63) is 64.2 Å². The molecule has 2 N–H and O–H groups in total. The molecule has 0 amide bonds. The van der Waals surface area contributed by atoms with Crippen LogP contribution in [0.25, 0.3) is 21.6 Å². The number of hydrogen-bond acceptors (Lipinski definition) is 7. The molecular formula is C23H19N3O4S. The van der Waals surface area contributed by atoms with E-state index in [1.807, 2.05) is 49.6 Å². The lowest BCUT2D eigenvalue weighted by atomic mass is 9.95. The molecule has 0 radical (unpaired) electrons. The van der Waals surface area contributed by atoms with E-state index in [1.165, 1.54) is 11.3 Å². The van der Waals surface area contributed by atoms with E-state index in [0.717, 1.165) is 38.5 Å². The highest BCUT2D eigenvalue weighted by Crippen LogP contribution is 2.35. The lowest BCUT2D eigenvalue weighted by Gasteiger charge is -2.17.